The van der Waals surface area contributed by atoms with Gasteiger partial charge in [0.2, 0.25) is 11.8 Å². The highest BCUT2D eigenvalue weighted by Crippen LogP contribution is 2.38. The Morgan fingerprint density at radius 2 is 1.94 bits per heavy atom. The number of rotatable bonds is 5. The third kappa shape index (κ3) is 4.80. The first-order valence-electron chi connectivity index (χ1n) is 11.1. The molecule has 1 aliphatic carbocycles. The number of carbonyl (C=O) groups is 1. The van der Waals surface area contributed by atoms with Crippen LogP contribution in [0.5, 0.6) is 5.88 Å². The zero-order valence-corrected chi connectivity index (χ0v) is 17.9. The lowest BCUT2D eigenvalue weighted by Crippen LogP contribution is -2.42. The number of ether oxygens (including phenoxy) is 1. The van der Waals surface area contributed by atoms with Gasteiger partial charge in [-0.15, -0.1) is 0 Å². The second-order valence-corrected chi connectivity index (χ2v) is 8.97. The molecule has 33 heavy (non-hydrogen) atoms. The molecule has 2 aromatic rings. The number of hydrogen-bond donors (Lipinski definition) is 0. The maximum Gasteiger partial charge on any atom is 0.419 e. The Bertz CT molecular complexity index is 1030. The highest BCUT2D eigenvalue weighted by Gasteiger charge is 2.41. The van der Waals surface area contributed by atoms with Crippen LogP contribution in [0.3, 0.4) is 0 Å². The zero-order valence-electron chi connectivity index (χ0n) is 17.9. The van der Waals surface area contributed by atoms with E-state index in [2.05, 4.69) is 14.9 Å². The smallest absolute Gasteiger partial charge is 0.419 e. The van der Waals surface area contributed by atoms with Gasteiger partial charge in [0.15, 0.2) is 0 Å². The van der Waals surface area contributed by atoms with Crippen molar-refractivity contribution in [1.82, 2.24) is 19.8 Å². The van der Waals surface area contributed by atoms with Crippen molar-refractivity contribution < 1.29 is 27.1 Å². The average molecular weight is 464 g/mol. The summed E-state index contributed by atoms with van der Waals surface area (Å²) in [4.78, 5) is 25.6. The van der Waals surface area contributed by atoms with Crippen molar-refractivity contribution in [2.45, 2.75) is 56.5 Å². The van der Waals surface area contributed by atoms with Crippen LogP contribution in [0, 0.1) is 5.82 Å². The molecule has 3 fully saturated rings. The lowest BCUT2D eigenvalue weighted by atomic mass is 10.1. The molecule has 10 heteroatoms. The molecular weight excluding hydrogens is 440 g/mol. The molecule has 0 spiro atoms. The SMILES string of the molecule is O=C1[C@@H]2C[C@@H](Oc3cnc(C4CC4)cn3)CN2CCCN1Cc1ccc(C(F)(F)F)c(F)c1. The summed E-state index contributed by atoms with van der Waals surface area (Å²) in [6, 6.07) is 2.44. The van der Waals surface area contributed by atoms with Crippen LogP contribution in [0.25, 0.3) is 0 Å². The van der Waals surface area contributed by atoms with E-state index in [1.54, 1.807) is 17.3 Å². The molecule has 1 saturated carbocycles. The van der Waals surface area contributed by atoms with Crippen LogP contribution < -0.4 is 4.74 Å². The van der Waals surface area contributed by atoms with Gasteiger partial charge in [-0.05, 0) is 37.0 Å². The molecule has 2 atom stereocenters. The molecule has 1 aromatic carbocycles. The van der Waals surface area contributed by atoms with E-state index in [-0.39, 0.29) is 24.6 Å². The number of halogens is 4. The fourth-order valence-corrected chi connectivity index (χ4v) is 4.65. The Balaban J connectivity index is 1.23. The number of alkyl halides is 3. The highest BCUT2D eigenvalue weighted by atomic mass is 19.4. The Hall–Kier alpha value is -2.75. The van der Waals surface area contributed by atoms with Crippen molar-refractivity contribution >= 4 is 5.91 Å². The molecule has 1 amide bonds. The van der Waals surface area contributed by atoms with Crippen molar-refractivity contribution in [2.24, 2.45) is 0 Å². The summed E-state index contributed by atoms with van der Waals surface area (Å²) in [5.41, 5.74) is 0.0102. The van der Waals surface area contributed by atoms with Crippen molar-refractivity contribution in [3.05, 3.63) is 53.2 Å². The van der Waals surface area contributed by atoms with E-state index in [1.807, 2.05) is 0 Å². The molecule has 0 unspecified atom stereocenters. The zero-order chi connectivity index (χ0) is 23.2. The van der Waals surface area contributed by atoms with Gasteiger partial charge in [0.05, 0.1) is 29.7 Å². The van der Waals surface area contributed by atoms with Crippen LogP contribution in [-0.2, 0) is 17.5 Å². The first-order chi connectivity index (χ1) is 15.8. The maximum atomic E-state index is 14.0. The summed E-state index contributed by atoms with van der Waals surface area (Å²) in [7, 11) is 0. The van der Waals surface area contributed by atoms with Gasteiger partial charge in [-0.3, -0.25) is 14.7 Å². The van der Waals surface area contributed by atoms with Gasteiger partial charge in [-0.2, -0.15) is 13.2 Å². The van der Waals surface area contributed by atoms with Gasteiger partial charge < -0.3 is 9.64 Å². The molecule has 0 radical (unpaired) electrons. The van der Waals surface area contributed by atoms with E-state index in [0.29, 0.717) is 49.8 Å². The van der Waals surface area contributed by atoms with Crippen LogP contribution in [0.4, 0.5) is 17.6 Å². The molecule has 0 N–H and O–H groups in total. The van der Waals surface area contributed by atoms with Crippen molar-refractivity contribution in [3.63, 3.8) is 0 Å². The monoisotopic (exact) mass is 464 g/mol. The largest absolute Gasteiger partial charge is 0.472 e. The first-order valence-corrected chi connectivity index (χ1v) is 11.1. The van der Waals surface area contributed by atoms with Gasteiger partial charge in [0, 0.05) is 38.5 Å². The fourth-order valence-electron chi connectivity index (χ4n) is 4.65. The number of aromatic nitrogens is 2. The summed E-state index contributed by atoms with van der Waals surface area (Å²) in [5.74, 6) is -0.495. The summed E-state index contributed by atoms with van der Waals surface area (Å²) in [6.07, 6.45) is 1.92. The van der Waals surface area contributed by atoms with Crippen LogP contribution in [0.2, 0.25) is 0 Å². The van der Waals surface area contributed by atoms with Gasteiger partial charge in [-0.1, -0.05) is 6.07 Å². The van der Waals surface area contributed by atoms with E-state index >= 15 is 0 Å². The van der Waals surface area contributed by atoms with Crippen molar-refractivity contribution in [3.8, 4) is 5.88 Å². The van der Waals surface area contributed by atoms with Gasteiger partial charge in [-0.25, -0.2) is 9.37 Å². The van der Waals surface area contributed by atoms with Crippen LogP contribution >= 0.6 is 0 Å². The van der Waals surface area contributed by atoms with E-state index in [1.165, 1.54) is 6.07 Å². The van der Waals surface area contributed by atoms with Crippen LogP contribution in [0.1, 0.15) is 48.4 Å². The molecule has 1 aromatic heterocycles. The molecule has 2 aliphatic heterocycles. The summed E-state index contributed by atoms with van der Waals surface area (Å²) < 4.78 is 58.4. The summed E-state index contributed by atoms with van der Waals surface area (Å²) in [6.45, 7) is 1.83. The lowest BCUT2D eigenvalue weighted by molar-refractivity contribution is -0.140. The quantitative estimate of drug-likeness (QED) is 0.631. The predicted octanol–water partition coefficient (Wildman–Crippen LogP) is 3.77. The number of fused-ring (bicyclic) bond motifs is 1. The second kappa shape index (κ2) is 8.55. The fraction of sp³-hybridized carbons (Fsp3) is 0.522. The number of hydrogen-bond acceptors (Lipinski definition) is 5. The van der Waals surface area contributed by atoms with Gasteiger partial charge >= 0.3 is 6.18 Å². The highest BCUT2D eigenvalue weighted by molar-refractivity contribution is 5.82. The molecular formula is C23H24F4N4O2. The number of benzene rings is 1. The number of nitrogens with zero attached hydrogens (tertiary/aromatic N) is 4. The molecule has 3 heterocycles. The predicted molar refractivity (Wildman–Crippen MR) is 110 cm³/mol. The Morgan fingerprint density at radius 3 is 2.61 bits per heavy atom. The van der Waals surface area contributed by atoms with E-state index in [0.717, 1.165) is 30.7 Å². The van der Waals surface area contributed by atoms with E-state index in [4.69, 9.17) is 4.74 Å². The average Bonchev–Trinajstić information content (AvgIpc) is 3.55. The Morgan fingerprint density at radius 1 is 1.12 bits per heavy atom. The third-order valence-corrected chi connectivity index (χ3v) is 6.48. The first kappa shape index (κ1) is 22.1. The molecule has 0 bridgehead atoms. The number of carbonyl (C=O) groups excluding carboxylic acids is 1. The normalized spacial score (nSPS) is 24.0. The minimum absolute atomic E-state index is 0.0673. The Labute approximate surface area is 188 Å². The second-order valence-electron chi connectivity index (χ2n) is 8.97. The van der Waals surface area contributed by atoms with Gasteiger partial charge in [0.1, 0.15) is 11.9 Å². The van der Waals surface area contributed by atoms with E-state index < -0.39 is 17.6 Å². The van der Waals surface area contributed by atoms with Crippen molar-refractivity contribution in [1.29, 1.82) is 0 Å². The van der Waals surface area contributed by atoms with Crippen LogP contribution in [0.15, 0.2) is 30.6 Å². The topological polar surface area (TPSA) is 58.6 Å². The third-order valence-electron chi connectivity index (χ3n) is 6.48. The molecule has 3 aliphatic rings. The minimum atomic E-state index is -4.75. The minimum Gasteiger partial charge on any atom is -0.472 e. The molecule has 6 nitrogen and oxygen atoms in total. The summed E-state index contributed by atoms with van der Waals surface area (Å²) >= 11 is 0. The summed E-state index contributed by atoms with van der Waals surface area (Å²) in [5, 5.41) is 0. The van der Waals surface area contributed by atoms with Crippen molar-refractivity contribution in [2.75, 3.05) is 19.6 Å². The Kier molecular flexibility index (Phi) is 5.72. The van der Waals surface area contributed by atoms with Gasteiger partial charge in [0.25, 0.3) is 0 Å². The molecule has 176 valence electrons. The van der Waals surface area contributed by atoms with Crippen LogP contribution in [-0.4, -0.2) is 57.5 Å². The standard InChI is InChI=1S/C23H24F4N4O2/c24-18-8-14(2-5-17(18)23(25,26)27)12-31-7-1-6-30-13-16(9-20(30)22(31)32)33-21-11-28-19(10-29-21)15-3-4-15/h2,5,8,10-11,15-16,20H,1,3-4,6-7,9,12-13H2/t16-,20+/m1/s1. The maximum absolute atomic E-state index is 14.0. The van der Waals surface area contributed by atoms with E-state index in [9.17, 15) is 22.4 Å². The lowest BCUT2D eigenvalue weighted by Gasteiger charge is -2.25. The number of amides is 1. The molecule has 5 rings (SSSR count). The molecule has 2 saturated heterocycles.